The molecule has 0 bridgehead atoms. The molecule has 9 heteroatoms. The van der Waals surface area contributed by atoms with Gasteiger partial charge in [-0.25, -0.2) is 12.8 Å². The maximum absolute atomic E-state index is 13.0. The highest BCUT2D eigenvalue weighted by Crippen LogP contribution is 2.23. The predicted molar refractivity (Wildman–Crippen MR) is 88.9 cm³/mol. The smallest absolute Gasteiger partial charge is 0.272 e. The summed E-state index contributed by atoms with van der Waals surface area (Å²) in [6.45, 7) is 1.66. The predicted octanol–water partition coefficient (Wildman–Crippen LogP) is 0.679. The standard InChI is InChI=1S/C16H16FN3O4S/c1-16(8-9-25(23,24)10-16)18-15(22)13-6-7-14(21)20(19-13)12-4-2-11(17)3-5-12/h2-7H,8-10H2,1H3,(H,18,22). The summed E-state index contributed by atoms with van der Waals surface area (Å²) < 4.78 is 37.3. The van der Waals surface area contributed by atoms with Gasteiger partial charge >= 0.3 is 0 Å². The third-order valence-electron chi connectivity index (χ3n) is 4.02. The minimum atomic E-state index is -3.17. The summed E-state index contributed by atoms with van der Waals surface area (Å²) in [5.41, 5.74) is -1.06. The molecule has 2 heterocycles. The molecule has 1 N–H and O–H groups in total. The molecule has 1 fully saturated rings. The lowest BCUT2D eigenvalue weighted by Gasteiger charge is -2.23. The van der Waals surface area contributed by atoms with Crippen LogP contribution in [0.1, 0.15) is 23.8 Å². The van der Waals surface area contributed by atoms with Crippen LogP contribution in [0.25, 0.3) is 5.69 Å². The van der Waals surface area contributed by atoms with Gasteiger partial charge in [0.05, 0.1) is 22.7 Å². The molecular weight excluding hydrogens is 349 g/mol. The quantitative estimate of drug-likeness (QED) is 0.862. The number of aromatic nitrogens is 2. The van der Waals surface area contributed by atoms with E-state index in [1.807, 2.05) is 0 Å². The van der Waals surface area contributed by atoms with Gasteiger partial charge in [-0.15, -0.1) is 0 Å². The maximum atomic E-state index is 13.0. The zero-order valence-corrected chi connectivity index (χ0v) is 14.2. The summed E-state index contributed by atoms with van der Waals surface area (Å²) in [4.78, 5) is 24.4. The van der Waals surface area contributed by atoms with E-state index >= 15 is 0 Å². The van der Waals surface area contributed by atoms with Crippen molar-refractivity contribution >= 4 is 15.7 Å². The van der Waals surface area contributed by atoms with E-state index in [1.54, 1.807) is 6.92 Å². The molecule has 132 valence electrons. The highest BCUT2D eigenvalue weighted by molar-refractivity contribution is 7.91. The van der Waals surface area contributed by atoms with Crippen molar-refractivity contribution in [2.75, 3.05) is 11.5 Å². The largest absolute Gasteiger partial charge is 0.344 e. The Balaban J connectivity index is 1.88. The first kappa shape index (κ1) is 17.3. The normalized spacial score (nSPS) is 21.8. The molecule has 0 saturated carbocycles. The van der Waals surface area contributed by atoms with Gasteiger partial charge in [-0.2, -0.15) is 9.78 Å². The highest BCUT2D eigenvalue weighted by Gasteiger charge is 2.39. The average molecular weight is 365 g/mol. The molecule has 1 unspecified atom stereocenters. The summed E-state index contributed by atoms with van der Waals surface area (Å²) in [6, 6.07) is 7.55. The molecule has 1 amide bonds. The Morgan fingerprint density at radius 3 is 2.52 bits per heavy atom. The molecule has 0 aliphatic carbocycles. The number of halogens is 1. The van der Waals surface area contributed by atoms with Gasteiger partial charge in [0, 0.05) is 6.07 Å². The van der Waals surface area contributed by atoms with Gasteiger partial charge in [0.1, 0.15) is 11.5 Å². The Kier molecular flexibility index (Phi) is 4.19. The van der Waals surface area contributed by atoms with Crippen molar-refractivity contribution in [3.8, 4) is 5.69 Å². The van der Waals surface area contributed by atoms with E-state index in [-0.39, 0.29) is 17.2 Å². The first-order valence-corrected chi connectivity index (χ1v) is 9.39. The lowest BCUT2D eigenvalue weighted by atomic mass is 10.0. The van der Waals surface area contributed by atoms with E-state index in [0.717, 1.165) is 4.68 Å². The van der Waals surface area contributed by atoms with Gasteiger partial charge < -0.3 is 5.32 Å². The molecule has 1 aromatic heterocycles. The fourth-order valence-corrected chi connectivity index (χ4v) is 4.84. The number of rotatable bonds is 3. The summed E-state index contributed by atoms with van der Waals surface area (Å²) >= 11 is 0. The highest BCUT2D eigenvalue weighted by atomic mass is 32.2. The molecule has 0 spiro atoms. The second-order valence-electron chi connectivity index (χ2n) is 6.30. The van der Waals surface area contributed by atoms with Crippen LogP contribution in [-0.4, -0.2) is 41.2 Å². The Morgan fingerprint density at radius 1 is 1.24 bits per heavy atom. The minimum Gasteiger partial charge on any atom is -0.344 e. The lowest BCUT2D eigenvalue weighted by Crippen LogP contribution is -2.47. The summed E-state index contributed by atoms with van der Waals surface area (Å²) in [5.74, 6) is -1.15. The SMILES string of the molecule is CC1(NC(=O)c2ccc(=O)n(-c3ccc(F)cc3)n2)CCS(=O)(=O)C1. The first-order valence-electron chi connectivity index (χ1n) is 7.57. The van der Waals surface area contributed by atoms with Crippen molar-refractivity contribution in [1.29, 1.82) is 0 Å². The first-order chi connectivity index (χ1) is 11.7. The van der Waals surface area contributed by atoms with Crippen LogP contribution in [0.2, 0.25) is 0 Å². The van der Waals surface area contributed by atoms with Gasteiger partial charge in [0.2, 0.25) is 0 Å². The summed E-state index contributed by atoms with van der Waals surface area (Å²) in [6.07, 6.45) is 0.318. The van der Waals surface area contributed by atoms with E-state index < -0.39 is 32.7 Å². The number of nitrogens with one attached hydrogen (secondary N) is 1. The zero-order valence-electron chi connectivity index (χ0n) is 13.4. The van der Waals surface area contributed by atoms with Gasteiger partial charge in [-0.05, 0) is 43.7 Å². The fraction of sp³-hybridized carbons (Fsp3) is 0.312. The second-order valence-corrected chi connectivity index (χ2v) is 8.49. The van der Waals surface area contributed by atoms with E-state index in [0.29, 0.717) is 12.1 Å². The molecule has 1 aliphatic heterocycles. The molecule has 2 aromatic rings. The molecule has 3 rings (SSSR count). The van der Waals surface area contributed by atoms with Crippen molar-refractivity contribution in [2.45, 2.75) is 18.9 Å². The van der Waals surface area contributed by atoms with E-state index in [9.17, 15) is 22.4 Å². The van der Waals surface area contributed by atoms with Gasteiger partial charge in [-0.1, -0.05) is 0 Å². The van der Waals surface area contributed by atoms with E-state index in [2.05, 4.69) is 10.4 Å². The van der Waals surface area contributed by atoms with Gasteiger partial charge in [0.25, 0.3) is 11.5 Å². The van der Waals surface area contributed by atoms with Crippen molar-refractivity contribution in [3.63, 3.8) is 0 Å². The third-order valence-corrected chi connectivity index (χ3v) is 5.93. The number of amides is 1. The summed E-state index contributed by atoms with van der Waals surface area (Å²) in [5, 5.41) is 6.68. The van der Waals surface area contributed by atoms with Crippen LogP contribution in [-0.2, 0) is 9.84 Å². The molecular formula is C16H16FN3O4S. The van der Waals surface area contributed by atoms with E-state index in [1.165, 1.54) is 36.4 Å². The molecule has 1 aliphatic rings. The topological polar surface area (TPSA) is 98.1 Å². The Labute approximate surface area is 143 Å². The van der Waals surface area contributed by atoms with Crippen LogP contribution in [0.5, 0.6) is 0 Å². The van der Waals surface area contributed by atoms with E-state index in [4.69, 9.17) is 0 Å². The molecule has 1 saturated heterocycles. The van der Waals surface area contributed by atoms with Crippen LogP contribution in [0.15, 0.2) is 41.2 Å². The number of nitrogens with zero attached hydrogens (tertiary/aromatic N) is 2. The Bertz CT molecular complexity index is 985. The van der Waals surface area contributed by atoms with Crippen molar-refractivity contribution < 1.29 is 17.6 Å². The number of carbonyl (C=O) groups excluding carboxylic acids is 1. The number of benzene rings is 1. The minimum absolute atomic E-state index is 0.0201. The third kappa shape index (κ3) is 3.76. The Morgan fingerprint density at radius 2 is 1.92 bits per heavy atom. The van der Waals surface area contributed by atoms with Gasteiger partial charge in [-0.3, -0.25) is 9.59 Å². The Hall–Kier alpha value is -2.55. The van der Waals surface area contributed by atoms with Crippen molar-refractivity contribution in [1.82, 2.24) is 15.1 Å². The van der Waals surface area contributed by atoms with Crippen LogP contribution < -0.4 is 10.9 Å². The average Bonchev–Trinajstić information content (AvgIpc) is 2.82. The zero-order chi connectivity index (χ0) is 18.2. The second kappa shape index (κ2) is 6.07. The van der Waals surface area contributed by atoms with Crippen molar-refractivity contribution in [2.24, 2.45) is 0 Å². The maximum Gasteiger partial charge on any atom is 0.272 e. The van der Waals surface area contributed by atoms with Crippen LogP contribution >= 0.6 is 0 Å². The number of hydrogen-bond donors (Lipinski definition) is 1. The molecule has 1 aromatic carbocycles. The lowest BCUT2D eigenvalue weighted by molar-refractivity contribution is 0.0908. The molecule has 1 atom stereocenters. The molecule has 7 nitrogen and oxygen atoms in total. The van der Waals surface area contributed by atoms with Crippen molar-refractivity contribution in [3.05, 3.63) is 58.3 Å². The number of sulfone groups is 1. The van der Waals surface area contributed by atoms with Crippen LogP contribution in [0.4, 0.5) is 4.39 Å². The van der Waals surface area contributed by atoms with Gasteiger partial charge in [0.15, 0.2) is 9.84 Å². The fourth-order valence-electron chi connectivity index (χ4n) is 2.75. The van der Waals surface area contributed by atoms with Crippen LogP contribution in [0.3, 0.4) is 0 Å². The summed E-state index contributed by atoms with van der Waals surface area (Å²) in [7, 11) is -3.17. The molecule has 25 heavy (non-hydrogen) atoms. The monoisotopic (exact) mass is 365 g/mol. The number of carbonyl (C=O) groups is 1. The number of hydrogen-bond acceptors (Lipinski definition) is 5. The molecule has 0 radical (unpaired) electrons. The van der Waals surface area contributed by atoms with Crippen LogP contribution in [0, 0.1) is 5.82 Å².